The van der Waals surface area contributed by atoms with Crippen molar-refractivity contribution in [1.29, 1.82) is 0 Å². The van der Waals surface area contributed by atoms with Gasteiger partial charge in [0.1, 0.15) is 10.0 Å². The summed E-state index contributed by atoms with van der Waals surface area (Å²) in [6, 6.07) is 7.60. The molecule has 0 atom stereocenters. The van der Waals surface area contributed by atoms with Crippen LogP contribution < -0.4 is 0 Å². The minimum absolute atomic E-state index is 0.741. The van der Waals surface area contributed by atoms with Crippen molar-refractivity contribution in [3.63, 3.8) is 0 Å². The van der Waals surface area contributed by atoms with E-state index < -0.39 is 0 Å². The Bertz CT molecular complexity index is 409. The monoisotopic (exact) mass is 240 g/mol. The average molecular weight is 241 g/mol. The van der Waals surface area contributed by atoms with Gasteiger partial charge in [-0.05, 0) is 19.1 Å². The number of nitrogens with zero attached hydrogens (tertiary/aromatic N) is 2. The Balaban J connectivity index is 0.000000531. The highest BCUT2D eigenvalue weighted by molar-refractivity contribution is 7.14. The highest BCUT2D eigenvalue weighted by Crippen LogP contribution is 2.24. The molecule has 2 aromatic rings. The SMILES string of the molecule is CC.Cc1nnc(-c2ccc(Cl)cc2)s1. The van der Waals surface area contributed by atoms with Crippen molar-refractivity contribution in [2.75, 3.05) is 0 Å². The van der Waals surface area contributed by atoms with Crippen molar-refractivity contribution < 1.29 is 0 Å². The molecule has 4 heteroatoms. The van der Waals surface area contributed by atoms with Gasteiger partial charge in [-0.1, -0.05) is 48.9 Å². The van der Waals surface area contributed by atoms with Gasteiger partial charge >= 0.3 is 0 Å². The summed E-state index contributed by atoms with van der Waals surface area (Å²) in [6.07, 6.45) is 0. The largest absolute Gasteiger partial charge is 0.147 e. The second kappa shape index (κ2) is 5.83. The summed E-state index contributed by atoms with van der Waals surface area (Å²) in [5.41, 5.74) is 1.06. The fourth-order valence-corrected chi connectivity index (χ4v) is 1.83. The van der Waals surface area contributed by atoms with Gasteiger partial charge in [-0.3, -0.25) is 0 Å². The Morgan fingerprint density at radius 2 is 1.67 bits per heavy atom. The van der Waals surface area contributed by atoms with Crippen LogP contribution in [0.1, 0.15) is 18.9 Å². The van der Waals surface area contributed by atoms with E-state index in [1.165, 1.54) is 0 Å². The van der Waals surface area contributed by atoms with Crippen LogP contribution in [0.25, 0.3) is 10.6 Å². The van der Waals surface area contributed by atoms with Crippen molar-refractivity contribution in [3.05, 3.63) is 34.3 Å². The van der Waals surface area contributed by atoms with E-state index >= 15 is 0 Å². The molecule has 0 bridgehead atoms. The van der Waals surface area contributed by atoms with Crippen molar-refractivity contribution >= 4 is 22.9 Å². The van der Waals surface area contributed by atoms with Crippen LogP contribution in [0.15, 0.2) is 24.3 Å². The lowest BCUT2D eigenvalue weighted by molar-refractivity contribution is 1.05. The van der Waals surface area contributed by atoms with E-state index in [4.69, 9.17) is 11.6 Å². The normalized spacial score (nSPS) is 9.33. The maximum atomic E-state index is 5.77. The lowest BCUT2D eigenvalue weighted by atomic mass is 10.2. The first kappa shape index (κ1) is 12.1. The van der Waals surface area contributed by atoms with E-state index in [-0.39, 0.29) is 0 Å². The Morgan fingerprint density at radius 3 is 2.13 bits per heavy atom. The summed E-state index contributed by atoms with van der Waals surface area (Å²) in [7, 11) is 0. The molecule has 1 aromatic carbocycles. The van der Waals surface area contributed by atoms with Gasteiger partial charge in [0.05, 0.1) is 0 Å². The van der Waals surface area contributed by atoms with Crippen LogP contribution in [-0.2, 0) is 0 Å². The zero-order valence-electron chi connectivity index (χ0n) is 8.99. The van der Waals surface area contributed by atoms with Gasteiger partial charge < -0.3 is 0 Å². The molecule has 15 heavy (non-hydrogen) atoms. The number of hydrogen-bond donors (Lipinski definition) is 0. The first-order chi connectivity index (χ1) is 7.25. The number of benzene rings is 1. The molecule has 80 valence electrons. The molecule has 0 aliphatic rings. The number of rotatable bonds is 1. The predicted octanol–water partition coefficient (Wildman–Crippen LogP) is 4.19. The van der Waals surface area contributed by atoms with E-state index in [2.05, 4.69) is 10.2 Å². The van der Waals surface area contributed by atoms with E-state index in [0.717, 1.165) is 20.6 Å². The van der Waals surface area contributed by atoms with Crippen molar-refractivity contribution in [1.82, 2.24) is 10.2 Å². The molecule has 0 aliphatic carbocycles. The van der Waals surface area contributed by atoms with Gasteiger partial charge in [0.15, 0.2) is 0 Å². The molecule has 0 N–H and O–H groups in total. The third kappa shape index (κ3) is 3.29. The van der Waals surface area contributed by atoms with Gasteiger partial charge in [0.25, 0.3) is 0 Å². The standard InChI is InChI=1S/C9H7ClN2S.C2H6/c1-6-11-12-9(13-6)7-2-4-8(10)5-3-7;1-2/h2-5H,1H3;1-2H3. The second-order valence-electron chi connectivity index (χ2n) is 2.63. The number of aromatic nitrogens is 2. The van der Waals surface area contributed by atoms with Crippen LogP contribution in [0.4, 0.5) is 0 Å². The minimum atomic E-state index is 0.741. The number of halogens is 1. The summed E-state index contributed by atoms with van der Waals surface area (Å²) in [5.74, 6) is 0. The quantitative estimate of drug-likeness (QED) is 0.747. The van der Waals surface area contributed by atoms with Gasteiger partial charge in [0, 0.05) is 10.6 Å². The molecule has 1 aromatic heterocycles. The summed E-state index contributed by atoms with van der Waals surface area (Å²) in [6.45, 7) is 5.94. The second-order valence-corrected chi connectivity index (χ2v) is 4.25. The molecule has 0 radical (unpaired) electrons. The molecule has 0 fully saturated rings. The maximum Gasteiger partial charge on any atom is 0.147 e. The lowest BCUT2D eigenvalue weighted by Gasteiger charge is -1.93. The molecule has 2 nitrogen and oxygen atoms in total. The van der Waals surface area contributed by atoms with Crippen molar-refractivity contribution in [2.24, 2.45) is 0 Å². The van der Waals surface area contributed by atoms with Gasteiger partial charge in [-0.2, -0.15) is 0 Å². The average Bonchev–Trinajstić information content (AvgIpc) is 2.69. The number of aryl methyl sites for hydroxylation is 1. The number of hydrogen-bond acceptors (Lipinski definition) is 3. The Morgan fingerprint density at radius 1 is 1.07 bits per heavy atom. The van der Waals surface area contributed by atoms with Crippen molar-refractivity contribution in [2.45, 2.75) is 20.8 Å². The van der Waals surface area contributed by atoms with Crippen molar-refractivity contribution in [3.8, 4) is 10.6 Å². The van der Waals surface area contributed by atoms with Crippen LogP contribution in [0.5, 0.6) is 0 Å². The summed E-state index contributed by atoms with van der Waals surface area (Å²) in [5, 5.41) is 10.6. The molecule has 0 saturated carbocycles. The summed E-state index contributed by atoms with van der Waals surface area (Å²) < 4.78 is 0. The zero-order chi connectivity index (χ0) is 11.3. The van der Waals surface area contributed by atoms with Crippen LogP contribution in [0, 0.1) is 6.92 Å². The first-order valence-electron chi connectivity index (χ1n) is 4.82. The third-order valence-corrected chi connectivity index (χ3v) is 2.76. The molecule has 1 heterocycles. The molecule has 0 unspecified atom stereocenters. The molecular weight excluding hydrogens is 228 g/mol. The first-order valence-corrected chi connectivity index (χ1v) is 6.01. The summed E-state index contributed by atoms with van der Waals surface area (Å²) >= 11 is 7.35. The third-order valence-electron chi connectivity index (χ3n) is 1.62. The van der Waals surface area contributed by atoms with Gasteiger partial charge in [0.2, 0.25) is 0 Å². The van der Waals surface area contributed by atoms with E-state index in [9.17, 15) is 0 Å². The zero-order valence-corrected chi connectivity index (χ0v) is 10.6. The minimum Gasteiger partial charge on any atom is -0.143 e. The highest BCUT2D eigenvalue weighted by atomic mass is 35.5. The highest BCUT2D eigenvalue weighted by Gasteiger charge is 2.02. The molecule has 0 saturated heterocycles. The Kier molecular flexibility index (Phi) is 4.72. The molecule has 2 rings (SSSR count). The smallest absolute Gasteiger partial charge is 0.143 e. The predicted molar refractivity (Wildman–Crippen MR) is 66.4 cm³/mol. The van der Waals surface area contributed by atoms with Crippen LogP contribution in [0.2, 0.25) is 5.02 Å². The van der Waals surface area contributed by atoms with Crippen LogP contribution in [0.3, 0.4) is 0 Å². The Labute approximate surface area is 98.9 Å². The van der Waals surface area contributed by atoms with E-state index in [1.54, 1.807) is 11.3 Å². The van der Waals surface area contributed by atoms with Crippen LogP contribution >= 0.6 is 22.9 Å². The topological polar surface area (TPSA) is 25.8 Å². The van der Waals surface area contributed by atoms with E-state index in [1.807, 2.05) is 45.0 Å². The van der Waals surface area contributed by atoms with E-state index in [0.29, 0.717) is 0 Å². The van der Waals surface area contributed by atoms with Gasteiger partial charge in [-0.15, -0.1) is 10.2 Å². The molecular formula is C11H13ClN2S. The van der Waals surface area contributed by atoms with Gasteiger partial charge in [-0.25, -0.2) is 0 Å². The lowest BCUT2D eigenvalue weighted by Crippen LogP contribution is -1.75. The molecule has 0 spiro atoms. The maximum absolute atomic E-state index is 5.77. The molecule has 0 aliphatic heterocycles. The summed E-state index contributed by atoms with van der Waals surface area (Å²) in [4.78, 5) is 0. The van der Waals surface area contributed by atoms with Crippen LogP contribution in [-0.4, -0.2) is 10.2 Å². The molecule has 0 amide bonds. The fraction of sp³-hybridized carbons (Fsp3) is 0.273. The fourth-order valence-electron chi connectivity index (χ4n) is 1.01. The Hall–Kier alpha value is -0.930.